The molecule has 0 spiro atoms. The summed E-state index contributed by atoms with van der Waals surface area (Å²) in [5.74, 6) is 1.58. The maximum Gasteiger partial charge on any atom is 0.0506 e. The van der Waals surface area contributed by atoms with Crippen LogP contribution in [0.1, 0.15) is 33.1 Å². The van der Waals surface area contributed by atoms with Gasteiger partial charge in [0.15, 0.2) is 0 Å². The first-order valence-electron chi connectivity index (χ1n) is 7.27. The van der Waals surface area contributed by atoms with Gasteiger partial charge in [0.2, 0.25) is 0 Å². The van der Waals surface area contributed by atoms with Crippen LogP contribution >= 0.6 is 0 Å². The van der Waals surface area contributed by atoms with Crippen LogP contribution in [0.5, 0.6) is 0 Å². The molecule has 0 bridgehead atoms. The molecule has 2 heterocycles. The standard InChI is InChI=1S/C14H28N2O/c1-12(2)8-14-10-16(6-5-15-14)9-13-4-3-7-17-11-13/h12-15H,3-11H2,1-2H3. The number of rotatable bonds is 4. The van der Waals surface area contributed by atoms with Crippen molar-refractivity contribution in [3.63, 3.8) is 0 Å². The third-order valence-electron chi connectivity index (χ3n) is 3.87. The van der Waals surface area contributed by atoms with Crippen molar-refractivity contribution in [3.05, 3.63) is 0 Å². The highest BCUT2D eigenvalue weighted by molar-refractivity contribution is 4.81. The molecule has 3 nitrogen and oxygen atoms in total. The van der Waals surface area contributed by atoms with E-state index in [0.717, 1.165) is 31.6 Å². The van der Waals surface area contributed by atoms with Gasteiger partial charge in [0.05, 0.1) is 6.61 Å². The molecule has 0 radical (unpaired) electrons. The van der Waals surface area contributed by atoms with E-state index in [1.165, 1.54) is 38.9 Å². The van der Waals surface area contributed by atoms with Crippen molar-refractivity contribution in [3.8, 4) is 0 Å². The molecule has 2 atom stereocenters. The molecule has 2 aliphatic heterocycles. The summed E-state index contributed by atoms with van der Waals surface area (Å²) in [7, 11) is 0. The van der Waals surface area contributed by atoms with Gasteiger partial charge in [-0.1, -0.05) is 13.8 Å². The predicted octanol–water partition coefficient (Wildman–Crippen LogP) is 1.73. The van der Waals surface area contributed by atoms with Gasteiger partial charge in [0.1, 0.15) is 0 Å². The molecule has 0 aromatic heterocycles. The van der Waals surface area contributed by atoms with Crippen molar-refractivity contribution >= 4 is 0 Å². The SMILES string of the molecule is CC(C)CC1CN(CC2CCCOC2)CCN1. The van der Waals surface area contributed by atoms with E-state index in [2.05, 4.69) is 24.1 Å². The van der Waals surface area contributed by atoms with E-state index in [1.807, 2.05) is 0 Å². The van der Waals surface area contributed by atoms with E-state index in [-0.39, 0.29) is 0 Å². The van der Waals surface area contributed by atoms with Crippen molar-refractivity contribution < 1.29 is 4.74 Å². The van der Waals surface area contributed by atoms with Crippen LogP contribution in [-0.2, 0) is 4.74 Å². The van der Waals surface area contributed by atoms with Crippen molar-refractivity contribution in [1.82, 2.24) is 10.2 Å². The molecular formula is C14H28N2O. The highest BCUT2D eigenvalue weighted by Crippen LogP contribution is 2.17. The van der Waals surface area contributed by atoms with Crippen LogP contribution < -0.4 is 5.32 Å². The minimum atomic E-state index is 0.702. The van der Waals surface area contributed by atoms with Crippen LogP contribution in [0.3, 0.4) is 0 Å². The van der Waals surface area contributed by atoms with Crippen LogP contribution in [-0.4, -0.2) is 50.3 Å². The fourth-order valence-corrected chi connectivity index (χ4v) is 3.10. The minimum absolute atomic E-state index is 0.702. The zero-order valence-electron chi connectivity index (χ0n) is 11.5. The van der Waals surface area contributed by atoms with Gasteiger partial charge in [-0.25, -0.2) is 0 Å². The lowest BCUT2D eigenvalue weighted by atomic mass is 9.99. The van der Waals surface area contributed by atoms with Gasteiger partial charge in [0, 0.05) is 38.8 Å². The Labute approximate surface area is 106 Å². The molecule has 2 aliphatic rings. The summed E-state index contributed by atoms with van der Waals surface area (Å²) in [6.07, 6.45) is 3.92. The molecule has 2 unspecified atom stereocenters. The molecule has 3 heteroatoms. The number of hydrogen-bond donors (Lipinski definition) is 1. The molecular weight excluding hydrogens is 212 g/mol. The Morgan fingerprint density at radius 2 is 2.29 bits per heavy atom. The molecule has 1 N–H and O–H groups in total. The zero-order chi connectivity index (χ0) is 12.1. The summed E-state index contributed by atoms with van der Waals surface area (Å²) in [5.41, 5.74) is 0. The Balaban J connectivity index is 1.72. The second-order valence-corrected chi connectivity index (χ2v) is 6.12. The predicted molar refractivity (Wildman–Crippen MR) is 71.2 cm³/mol. The van der Waals surface area contributed by atoms with Crippen LogP contribution in [0, 0.1) is 11.8 Å². The van der Waals surface area contributed by atoms with E-state index < -0.39 is 0 Å². The monoisotopic (exact) mass is 240 g/mol. The molecule has 0 saturated carbocycles. The maximum atomic E-state index is 5.57. The van der Waals surface area contributed by atoms with Gasteiger partial charge < -0.3 is 15.0 Å². The second-order valence-electron chi connectivity index (χ2n) is 6.12. The molecule has 2 fully saturated rings. The first kappa shape index (κ1) is 13.3. The Hall–Kier alpha value is -0.120. The topological polar surface area (TPSA) is 24.5 Å². The highest BCUT2D eigenvalue weighted by atomic mass is 16.5. The molecule has 0 aromatic rings. The van der Waals surface area contributed by atoms with Crippen molar-refractivity contribution in [2.24, 2.45) is 11.8 Å². The van der Waals surface area contributed by atoms with Crippen LogP contribution in [0.25, 0.3) is 0 Å². The second kappa shape index (κ2) is 6.72. The fraction of sp³-hybridized carbons (Fsp3) is 1.00. The van der Waals surface area contributed by atoms with Crippen molar-refractivity contribution in [2.75, 3.05) is 39.4 Å². The lowest BCUT2D eigenvalue weighted by Gasteiger charge is -2.37. The fourth-order valence-electron chi connectivity index (χ4n) is 3.10. The largest absolute Gasteiger partial charge is 0.381 e. The summed E-state index contributed by atoms with van der Waals surface area (Å²) in [6, 6.07) is 0.702. The molecule has 2 rings (SSSR count). The summed E-state index contributed by atoms with van der Waals surface area (Å²) < 4.78 is 5.57. The minimum Gasteiger partial charge on any atom is -0.381 e. The van der Waals surface area contributed by atoms with Gasteiger partial charge in [-0.3, -0.25) is 0 Å². The first-order chi connectivity index (χ1) is 8.24. The van der Waals surface area contributed by atoms with E-state index in [4.69, 9.17) is 4.74 Å². The third kappa shape index (κ3) is 4.57. The summed E-state index contributed by atoms with van der Waals surface area (Å²) in [4.78, 5) is 2.64. The molecule has 17 heavy (non-hydrogen) atoms. The number of nitrogens with zero attached hydrogens (tertiary/aromatic N) is 1. The van der Waals surface area contributed by atoms with E-state index in [0.29, 0.717) is 6.04 Å². The van der Waals surface area contributed by atoms with Gasteiger partial charge in [-0.15, -0.1) is 0 Å². The molecule has 0 aliphatic carbocycles. The summed E-state index contributed by atoms with van der Waals surface area (Å²) in [5, 5.41) is 3.64. The number of hydrogen-bond acceptors (Lipinski definition) is 3. The normalized spacial score (nSPS) is 31.9. The maximum absolute atomic E-state index is 5.57. The molecule has 2 saturated heterocycles. The average Bonchev–Trinajstić information content (AvgIpc) is 2.30. The van der Waals surface area contributed by atoms with Gasteiger partial charge >= 0.3 is 0 Å². The zero-order valence-corrected chi connectivity index (χ0v) is 11.5. The van der Waals surface area contributed by atoms with Gasteiger partial charge in [-0.2, -0.15) is 0 Å². The van der Waals surface area contributed by atoms with Gasteiger partial charge in [0.25, 0.3) is 0 Å². The number of ether oxygens (including phenoxy) is 1. The van der Waals surface area contributed by atoms with Gasteiger partial charge in [-0.05, 0) is 31.1 Å². The van der Waals surface area contributed by atoms with E-state index >= 15 is 0 Å². The summed E-state index contributed by atoms with van der Waals surface area (Å²) >= 11 is 0. The highest BCUT2D eigenvalue weighted by Gasteiger charge is 2.23. The molecule has 100 valence electrons. The van der Waals surface area contributed by atoms with Crippen LogP contribution in [0.2, 0.25) is 0 Å². The quantitative estimate of drug-likeness (QED) is 0.810. The Morgan fingerprint density at radius 3 is 3.00 bits per heavy atom. The Morgan fingerprint density at radius 1 is 1.41 bits per heavy atom. The molecule has 0 amide bonds. The lowest BCUT2D eigenvalue weighted by molar-refractivity contribution is 0.0332. The molecule has 0 aromatic carbocycles. The number of nitrogens with one attached hydrogen (secondary N) is 1. The average molecular weight is 240 g/mol. The first-order valence-corrected chi connectivity index (χ1v) is 7.27. The van der Waals surface area contributed by atoms with Crippen LogP contribution in [0.4, 0.5) is 0 Å². The van der Waals surface area contributed by atoms with E-state index in [9.17, 15) is 0 Å². The van der Waals surface area contributed by atoms with E-state index in [1.54, 1.807) is 0 Å². The van der Waals surface area contributed by atoms with Crippen LogP contribution in [0.15, 0.2) is 0 Å². The lowest BCUT2D eigenvalue weighted by Crippen LogP contribution is -2.52. The van der Waals surface area contributed by atoms with Crippen molar-refractivity contribution in [2.45, 2.75) is 39.2 Å². The Bertz CT molecular complexity index is 214. The van der Waals surface area contributed by atoms with Crippen molar-refractivity contribution in [1.29, 1.82) is 0 Å². The Kier molecular flexibility index (Phi) is 5.26. The summed E-state index contributed by atoms with van der Waals surface area (Å²) in [6.45, 7) is 11.4. The number of piperazine rings is 1. The third-order valence-corrected chi connectivity index (χ3v) is 3.87. The smallest absolute Gasteiger partial charge is 0.0506 e.